The lowest BCUT2D eigenvalue weighted by molar-refractivity contribution is 0.0987. The Bertz CT molecular complexity index is 848. The lowest BCUT2D eigenvalue weighted by Gasteiger charge is -2.17. The standard InChI is InChI=1S/C19H16N4O/c20-23(16-11-5-2-6-12-16)19(24)17-13-7-8-14-18(17)22-21-15-9-3-1-4-10-15/h1-14H,20H2. The van der Waals surface area contributed by atoms with E-state index < -0.39 is 0 Å². The van der Waals surface area contributed by atoms with Crippen molar-refractivity contribution < 1.29 is 4.79 Å². The Morgan fingerprint density at radius 2 is 1.33 bits per heavy atom. The minimum Gasteiger partial charge on any atom is -0.267 e. The number of anilines is 1. The van der Waals surface area contributed by atoms with Crippen molar-refractivity contribution in [2.45, 2.75) is 0 Å². The molecule has 0 aliphatic carbocycles. The van der Waals surface area contributed by atoms with E-state index in [4.69, 9.17) is 5.84 Å². The van der Waals surface area contributed by atoms with E-state index in [1.165, 1.54) is 0 Å². The maximum absolute atomic E-state index is 12.7. The van der Waals surface area contributed by atoms with E-state index in [-0.39, 0.29) is 5.91 Å². The first kappa shape index (κ1) is 15.6. The van der Waals surface area contributed by atoms with E-state index in [2.05, 4.69) is 10.2 Å². The molecule has 0 radical (unpaired) electrons. The zero-order chi connectivity index (χ0) is 16.8. The summed E-state index contributed by atoms with van der Waals surface area (Å²) in [7, 11) is 0. The van der Waals surface area contributed by atoms with Crippen molar-refractivity contribution in [2.75, 3.05) is 5.01 Å². The summed E-state index contributed by atoms with van der Waals surface area (Å²) in [6.45, 7) is 0. The van der Waals surface area contributed by atoms with Gasteiger partial charge in [-0.3, -0.25) is 4.79 Å². The van der Waals surface area contributed by atoms with Gasteiger partial charge in [0.2, 0.25) is 0 Å². The molecule has 0 saturated carbocycles. The normalized spacial score (nSPS) is 10.7. The molecular weight excluding hydrogens is 300 g/mol. The summed E-state index contributed by atoms with van der Waals surface area (Å²) in [6, 6.07) is 25.4. The van der Waals surface area contributed by atoms with Gasteiger partial charge in [0.25, 0.3) is 5.91 Å². The van der Waals surface area contributed by atoms with Crippen LogP contribution in [0, 0.1) is 0 Å². The Labute approximate surface area is 140 Å². The third kappa shape index (κ3) is 3.53. The van der Waals surface area contributed by atoms with Gasteiger partial charge < -0.3 is 0 Å². The fraction of sp³-hybridized carbons (Fsp3) is 0. The second kappa shape index (κ2) is 7.30. The lowest BCUT2D eigenvalue weighted by Crippen LogP contribution is -2.37. The van der Waals surface area contributed by atoms with Gasteiger partial charge in [-0.2, -0.15) is 5.11 Å². The van der Waals surface area contributed by atoms with Gasteiger partial charge in [0.15, 0.2) is 0 Å². The average Bonchev–Trinajstić information content (AvgIpc) is 2.67. The highest BCUT2D eigenvalue weighted by atomic mass is 16.2. The van der Waals surface area contributed by atoms with Crippen molar-refractivity contribution in [1.82, 2.24) is 0 Å². The molecule has 24 heavy (non-hydrogen) atoms. The van der Waals surface area contributed by atoms with Crippen LogP contribution in [0.5, 0.6) is 0 Å². The van der Waals surface area contributed by atoms with E-state index in [1.807, 2.05) is 48.5 Å². The van der Waals surface area contributed by atoms with E-state index in [0.717, 1.165) is 5.01 Å². The van der Waals surface area contributed by atoms with Crippen LogP contribution in [0.25, 0.3) is 0 Å². The van der Waals surface area contributed by atoms with E-state index in [1.54, 1.807) is 36.4 Å². The number of nitrogens with two attached hydrogens (primary N) is 1. The molecular formula is C19H16N4O. The SMILES string of the molecule is NN(C(=O)c1ccccc1N=Nc1ccccc1)c1ccccc1. The molecule has 5 heteroatoms. The predicted octanol–water partition coefficient (Wildman–Crippen LogP) is 4.62. The Hall–Kier alpha value is -3.31. The van der Waals surface area contributed by atoms with Crippen LogP contribution in [0.15, 0.2) is 95.2 Å². The van der Waals surface area contributed by atoms with Crippen LogP contribution in [0.3, 0.4) is 0 Å². The Kier molecular flexibility index (Phi) is 4.74. The van der Waals surface area contributed by atoms with Crippen LogP contribution in [-0.2, 0) is 0 Å². The first-order valence-corrected chi connectivity index (χ1v) is 7.46. The van der Waals surface area contributed by atoms with Crippen molar-refractivity contribution >= 4 is 23.0 Å². The number of hydrazine groups is 1. The van der Waals surface area contributed by atoms with Crippen LogP contribution in [0.2, 0.25) is 0 Å². The molecule has 0 spiro atoms. The minimum atomic E-state index is -0.344. The maximum atomic E-state index is 12.7. The number of carbonyl (C=O) groups is 1. The number of benzene rings is 3. The van der Waals surface area contributed by atoms with Crippen LogP contribution in [0.1, 0.15) is 10.4 Å². The maximum Gasteiger partial charge on any atom is 0.274 e. The molecule has 118 valence electrons. The molecule has 0 bridgehead atoms. The quantitative estimate of drug-likeness (QED) is 0.330. The molecule has 5 nitrogen and oxygen atoms in total. The van der Waals surface area contributed by atoms with E-state index in [0.29, 0.717) is 22.6 Å². The fourth-order valence-electron chi connectivity index (χ4n) is 2.18. The van der Waals surface area contributed by atoms with E-state index >= 15 is 0 Å². The summed E-state index contributed by atoms with van der Waals surface area (Å²) in [5.74, 6) is 5.61. The number of para-hydroxylation sites is 1. The lowest BCUT2D eigenvalue weighted by atomic mass is 10.1. The second-order valence-electron chi connectivity index (χ2n) is 5.06. The molecule has 0 unspecified atom stereocenters. The summed E-state index contributed by atoms with van der Waals surface area (Å²) in [5, 5.41) is 9.47. The van der Waals surface area contributed by atoms with Crippen molar-refractivity contribution in [3.63, 3.8) is 0 Å². The molecule has 3 aromatic carbocycles. The van der Waals surface area contributed by atoms with Gasteiger partial charge in [0, 0.05) is 0 Å². The smallest absolute Gasteiger partial charge is 0.267 e. The Morgan fingerprint density at radius 1 is 0.750 bits per heavy atom. The molecule has 0 atom stereocenters. The van der Waals surface area contributed by atoms with Crippen LogP contribution in [-0.4, -0.2) is 5.91 Å². The van der Waals surface area contributed by atoms with Gasteiger partial charge in [0.1, 0.15) is 0 Å². The number of carbonyl (C=O) groups excluding carboxylic acids is 1. The van der Waals surface area contributed by atoms with Crippen molar-refractivity contribution in [3.8, 4) is 0 Å². The van der Waals surface area contributed by atoms with E-state index in [9.17, 15) is 4.79 Å². The molecule has 0 fully saturated rings. The summed E-state index contributed by atoms with van der Waals surface area (Å²) in [5.41, 5.74) is 2.19. The predicted molar refractivity (Wildman–Crippen MR) is 94.5 cm³/mol. The number of rotatable bonds is 4. The highest BCUT2D eigenvalue weighted by Gasteiger charge is 2.17. The monoisotopic (exact) mass is 316 g/mol. The number of nitrogens with zero attached hydrogens (tertiary/aromatic N) is 3. The molecule has 3 aromatic rings. The van der Waals surface area contributed by atoms with Gasteiger partial charge in [0.05, 0.1) is 22.6 Å². The van der Waals surface area contributed by atoms with Crippen LogP contribution < -0.4 is 10.9 Å². The van der Waals surface area contributed by atoms with Gasteiger partial charge in [-0.25, -0.2) is 10.9 Å². The number of amides is 1. The molecule has 0 saturated heterocycles. The topological polar surface area (TPSA) is 71.0 Å². The molecule has 0 heterocycles. The van der Waals surface area contributed by atoms with Gasteiger partial charge >= 0.3 is 0 Å². The second-order valence-corrected chi connectivity index (χ2v) is 5.06. The molecule has 1 amide bonds. The Balaban J connectivity index is 1.89. The molecule has 3 rings (SSSR count). The molecule has 0 aromatic heterocycles. The van der Waals surface area contributed by atoms with Crippen LogP contribution in [0.4, 0.5) is 17.1 Å². The third-order valence-electron chi connectivity index (χ3n) is 3.42. The minimum absolute atomic E-state index is 0.344. The first-order chi connectivity index (χ1) is 11.8. The highest BCUT2D eigenvalue weighted by Crippen LogP contribution is 2.24. The molecule has 0 aliphatic rings. The van der Waals surface area contributed by atoms with Crippen molar-refractivity contribution in [3.05, 3.63) is 90.5 Å². The number of hydrogen-bond acceptors (Lipinski definition) is 4. The molecule has 2 N–H and O–H groups in total. The number of azo groups is 1. The third-order valence-corrected chi connectivity index (χ3v) is 3.42. The summed E-state index contributed by atoms with van der Waals surface area (Å²) < 4.78 is 0. The van der Waals surface area contributed by atoms with Crippen molar-refractivity contribution in [2.24, 2.45) is 16.1 Å². The summed E-state index contributed by atoms with van der Waals surface area (Å²) in [4.78, 5) is 12.7. The zero-order valence-electron chi connectivity index (χ0n) is 12.9. The van der Waals surface area contributed by atoms with Crippen molar-refractivity contribution in [1.29, 1.82) is 0 Å². The highest BCUT2D eigenvalue weighted by molar-refractivity contribution is 6.08. The Morgan fingerprint density at radius 3 is 2.04 bits per heavy atom. The summed E-state index contributed by atoms with van der Waals surface area (Å²) >= 11 is 0. The van der Waals surface area contributed by atoms with Gasteiger partial charge in [-0.1, -0.05) is 48.5 Å². The average molecular weight is 316 g/mol. The number of hydrogen-bond donors (Lipinski definition) is 1. The molecule has 0 aliphatic heterocycles. The van der Waals surface area contributed by atoms with Gasteiger partial charge in [-0.05, 0) is 36.4 Å². The largest absolute Gasteiger partial charge is 0.274 e. The zero-order valence-corrected chi connectivity index (χ0v) is 12.9. The first-order valence-electron chi connectivity index (χ1n) is 7.46. The van der Waals surface area contributed by atoms with Gasteiger partial charge in [-0.15, -0.1) is 5.11 Å². The summed E-state index contributed by atoms with van der Waals surface area (Å²) in [6.07, 6.45) is 0. The van der Waals surface area contributed by atoms with Crippen LogP contribution >= 0.6 is 0 Å². The fourth-order valence-corrected chi connectivity index (χ4v) is 2.18.